The van der Waals surface area contributed by atoms with Crippen LogP contribution in [0.4, 0.5) is 0 Å². The molecule has 1 aromatic rings. The average Bonchev–Trinajstić information content (AvgIpc) is 2.65. The molecule has 0 aliphatic carbocycles. The number of benzene rings is 1. The second kappa shape index (κ2) is 9.02. The SMILES string of the molecule is C[C@H](NS(=O)(=O)c1ccc(C(C)(C)C)cc1)C(=O)OCC(=O)N1CCOCC1. The number of carbonyl (C=O) groups excluding carboxylic acids is 2. The Morgan fingerprint density at radius 2 is 1.75 bits per heavy atom. The summed E-state index contributed by atoms with van der Waals surface area (Å²) in [5, 5.41) is 0. The number of hydrogen-bond acceptors (Lipinski definition) is 6. The third-order valence-electron chi connectivity index (χ3n) is 4.42. The molecule has 1 aliphatic rings. The number of rotatable bonds is 6. The molecule has 1 aromatic carbocycles. The van der Waals surface area contributed by atoms with E-state index in [1.807, 2.05) is 20.8 Å². The Morgan fingerprint density at radius 3 is 2.29 bits per heavy atom. The molecule has 1 fully saturated rings. The number of nitrogens with zero attached hydrogens (tertiary/aromatic N) is 1. The predicted molar refractivity (Wildman–Crippen MR) is 103 cm³/mol. The van der Waals surface area contributed by atoms with Crippen molar-refractivity contribution >= 4 is 21.9 Å². The van der Waals surface area contributed by atoms with E-state index in [1.165, 1.54) is 19.1 Å². The van der Waals surface area contributed by atoms with Gasteiger partial charge in [0.25, 0.3) is 5.91 Å². The number of ether oxygens (including phenoxy) is 2. The molecule has 0 radical (unpaired) electrons. The standard InChI is InChI=1S/C19H28N2O6S/c1-14(18(23)27-13-17(22)21-9-11-26-12-10-21)20-28(24,25)16-7-5-15(6-8-16)19(2,3)4/h5-8,14,20H,9-13H2,1-4H3/t14-/m0/s1. The highest BCUT2D eigenvalue weighted by molar-refractivity contribution is 7.89. The van der Waals surface area contributed by atoms with E-state index in [9.17, 15) is 18.0 Å². The Labute approximate surface area is 166 Å². The summed E-state index contributed by atoms with van der Waals surface area (Å²) < 4.78 is 37.4. The first kappa shape index (κ1) is 22.3. The second-order valence-corrected chi connectivity index (χ2v) is 9.43. The molecule has 2 rings (SSSR count). The number of amides is 1. The molecular formula is C19H28N2O6S. The molecule has 1 N–H and O–H groups in total. The van der Waals surface area contributed by atoms with Gasteiger partial charge in [-0.3, -0.25) is 9.59 Å². The number of esters is 1. The van der Waals surface area contributed by atoms with Crippen LogP contribution in [0.2, 0.25) is 0 Å². The predicted octanol–water partition coefficient (Wildman–Crippen LogP) is 1.05. The number of sulfonamides is 1. The van der Waals surface area contributed by atoms with Crippen molar-refractivity contribution < 1.29 is 27.5 Å². The molecular weight excluding hydrogens is 384 g/mol. The van der Waals surface area contributed by atoms with Crippen molar-refractivity contribution in [2.45, 2.75) is 44.0 Å². The van der Waals surface area contributed by atoms with Gasteiger partial charge in [0, 0.05) is 13.1 Å². The Balaban J connectivity index is 1.91. The van der Waals surface area contributed by atoms with Crippen LogP contribution in [0, 0.1) is 0 Å². The molecule has 1 saturated heterocycles. The summed E-state index contributed by atoms with van der Waals surface area (Å²) in [6.07, 6.45) is 0. The normalized spacial score (nSPS) is 16.5. The van der Waals surface area contributed by atoms with Crippen molar-refractivity contribution in [3.05, 3.63) is 29.8 Å². The first-order valence-corrected chi connectivity index (χ1v) is 10.6. The van der Waals surface area contributed by atoms with Gasteiger partial charge in [-0.15, -0.1) is 0 Å². The summed E-state index contributed by atoms with van der Waals surface area (Å²) in [6, 6.07) is 5.38. The zero-order chi connectivity index (χ0) is 20.9. The van der Waals surface area contributed by atoms with Gasteiger partial charge in [0.15, 0.2) is 6.61 Å². The Kier molecular flexibility index (Phi) is 7.19. The summed E-state index contributed by atoms with van der Waals surface area (Å²) in [6.45, 7) is 8.84. The minimum atomic E-state index is -3.89. The third kappa shape index (κ3) is 6.02. The van der Waals surface area contributed by atoms with E-state index in [1.54, 1.807) is 17.0 Å². The molecule has 156 valence electrons. The monoisotopic (exact) mass is 412 g/mol. The molecule has 0 bridgehead atoms. The minimum absolute atomic E-state index is 0.0598. The van der Waals surface area contributed by atoms with E-state index >= 15 is 0 Å². The van der Waals surface area contributed by atoms with Gasteiger partial charge in [-0.05, 0) is 30.0 Å². The zero-order valence-corrected chi connectivity index (χ0v) is 17.5. The Morgan fingerprint density at radius 1 is 1.18 bits per heavy atom. The lowest BCUT2D eigenvalue weighted by Crippen LogP contribution is -2.44. The van der Waals surface area contributed by atoms with Crippen molar-refractivity contribution in [3.8, 4) is 0 Å². The fraction of sp³-hybridized carbons (Fsp3) is 0.579. The van der Waals surface area contributed by atoms with E-state index < -0.39 is 28.6 Å². The van der Waals surface area contributed by atoms with Crippen LogP contribution in [0.5, 0.6) is 0 Å². The van der Waals surface area contributed by atoms with Gasteiger partial charge in [-0.25, -0.2) is 8.42 Å². The second-order valence-electron chi connectivity index (χ2n) is 7.72. The molecule has 0 aromatic heterocycles. The quantitative estimate of drug-likeness (QED) is 0.701. The first-order chi connectivity index (χ1) is 13.0. The molecule has 9 heteroatoms. The minimum Gasteiger partial charge on any atom is -0.454 e. The Bertz CT molecular complexity index is 793. The van der Waals surface area contributed by atoms with Gasteiger partial charge in [0.1, 0.15) is 6.04 Å². The molecule has 1 atom stereocenters. The van der Waals surface area contributed by atoms with Crippen LogP contribution >= 0.6 is 0 Å². The third-order valence-corrected chi connectivity index (χ3v) is 5.97. The van der Waals surface area contributed by atoms with Crippen molar-refractivity contribution in [2.75, 3.05) is 32.9 Å². The summed E-state index contributed by atoms with van der Waals surface area (Å²) in [7, 11) is -3.89. The van der Waals surface area contributed by atoms with Gasteiger partial charge in [0.2, 0.25) is 10.0 Å². The summed E-state index contributed by atoms with van der Waals surface area (Å²) >= 11 is 0. The lowest BCUT2D eigenvalue weighted by atomic mass is 9.87. The van der Waals surface area contributed by atoms with E-state index in [2.05, 4.69) is 4.72 Å². The number of morpholine rings is 1. The van der Waals surface area contributed by atoms with Gasteiger partial charge in [-0.2, -0.15) is 4.72 Å². The van der Waals surface area contributed by atoms with Gasteiger partial charge < -0.3 is 14.4 Å². The van der Waals surface area contributed by atoms with Crippen LogP contribution in [0.3, 0.4) is 0 Å². The van der Waals surface area contributed by atoms with E-state index in [-0.39, 0.29) is 16.2 Å². The molecule has 1 aliphatic heterocycles. The van der Waals surface area contributed by atoms with Gasteiger partial charge in [0.05, 0.1) is 18.1 Å². The maximum Gasteiger partial charge on any atom is 0.324 e. The largest absolute Gasteiger partial charge is 0.454 e. The van der Waals surface area contributed by atoms with Crippen molar-refractivity contribution in [3.63, 3.8) is 0 Å². The average molecular weight is 413 g/mol. The highest BCUT2D eigenvalue weighted by Crippen LogP contribution is 2.23. The van der Waals surface area contributed by atoms with E-state index in [0.29, 0.717) is 26.3 Å². The summed E-state index contributed by atoms with van der Waals surface area (Å²) in [4.78, 5) is 25.7. The molecule has 0 saturated carbocycles. The molecule has 0 unspecified atom stereocenters. The number of hydrogen-bond donors (Lipinski definition) is 1. The van der Waals surface area contributed by atoms with Crippen LogP contribution in [-0.4, -0.2) is 64.1 Å². The Hall–Kier alpha value is -1.97. The van der Waals surface area contributed by atoms with Crippen LogP contribution in [0.1, 0.15) is 33.3 Å². The van der Waals surface area contributed by atoms with Crippen LogP contribution in [-0.2, 0) is 34.5 Å². The lowest BCUT2D eigenvalue weighted by molar-refractivity contribution is -0.154. The molecule has 1 heterocycles. The van der Waals surface area contributed by atoms with Crippen LogP contribution in [0.25, 0.3) is 0 Å². The molecule has 0 spiro atoms. The maximum atomic E-state index is 12.5. The maximum absolute atomic E-state index is 12.5. The van der Waals surface area contributed by atoms with Crippen molar-refractivity contribution in [1.29, 1.82) is 0 Å². The first-order valence-electron chi connectivity index (χ1n) is 9.16. The fourth-order valence-corrected chi connectivity index (χ4v) is 3.84. The van der Waals surface area contributed by atoms with Crippen molar-refractivity contribution in [1.82, 2.24) is 9.62 Å². The molecule has 1 amide bonds. The lowest BCUT2D eigenvalue weighted by Gasteiger charge is -2.26. The van der Waals surface area contributed by atoms with Gasteiger partial charge >= 0.3 is 5.97 Å². The highest BCUT2D eigenvalue weighted by atomic mass is 32.2. The topological polar surface area (TPSA) is 102 Å². The van der Waals surface area contributed by atoms with E-state index in [0.717, 1.165) is 5.56 Å². The van der Waals surface area contributed by atoms with E-state index in [4.69, 9.17) is 9.47 Å². The number of carbonyl (C=O) groups is 2. The fourth-order valence-electron chi connectivity index (χ4n) is 2.64. The molecule has 28 heavy (non-hydrogen) atoms. The summed E-state index contributed by atoms with van der Waals surface area (Å²) in [5.41, 5.74) is 0.903. The van der Waals surface area contributed by atoms with Gasteiger partial charge in [-0.1, -0.05) is 32.9 Å². The summed E-state index contributed by atoms with van der Waals surface area (Å²) in [5.74, 6) is -1.14. The van der Waals surface area contributed by atoms with Crippen LogP contribution < -0.4 is 4.72 Å². The number of nitrogens with one attached hydrogen (secondary N) is 1. The molecule has 8 nitrogen and oxygen atoms in total. The zero-order valence-electron chi connectivity index (χ0n) is 16.7. The van der Waals surface area contributed by atoms with Crippen LogP contribution in [0.15, 0.2) is 29.2 Å². The smallest absolute Gasteiger partial charge is 0.324 e. The van der Waals surface area contributed by atoms with Crippen molar-refractivity contribution in [2.24, 2.45) is 0 Å². The highest BCUT2D eigenvalue weighted by Gasteiger charge is 2.25.